The Morgan fingerprint density at radius 2 is 2.28 bits per heavy atom. The van der Waals surface area contributed by atoms with E-state index in [9.17, 15) is 0 Å². The van der Waals surface area contributed by atoms with Crippen LogP contribution in [0.1, 0.15) is 36.9 Å². The van der Waals surface area contributed by atoms with Crippen molar-refractivity contribution in [1.82, 2.24) is 15.3 Å². The molecule has 18 heavy (non-hydrogen) atoms. The van der Waals surface area contributed by atoms with Crippen LogP contribution in [0.3, 0.4) is 0 Å². The Hall–Kier alpha value is -1.16. The number of nitrogens with zero attached hydrogens (tertiary/aromatic N) is 3. The van der Waals surface area contributed by atoms with E-state index < -0.39 is 0 Å². The van der Waals surface area contributed by atoms with Gasteiger partial charge in [-0.15, -0.1) is 0 Å². The van der Waals surface area contributed by atoms with Gasteiger partial charge in [0.25, 0.3) is 0 Å². The molecule has 0 bridgehead atoms. The predicted octanol–water partition coefficient (Wildman–Crippen LogP) is 1.75. The van der Waals surface area contributed by atoms with Crippen LogP contribution in [0.5, 0.6) is 0 Å². The molecule has 0 atom stereocenters. The molecule has 4 nitrogen and oxygen atoms in total. The van der Waals surface area contributed by atoms with E-state index >= 15 is 0 Å². The maximum absolute atomic E-state index is 4.49. The maximum Gasteiger partial charge on any atom is 0.136 e. The molecule has 1 aliphatic heterocycles. The van der Waals surface area contributed by atoms with Gasteiger partial charge in [-0.05, 0) is 12.3 Å². The van der Waals surface area contributed by atoms with Crippen molar-refractivity contribution in [3.63, 3.8) is 0 Å². The van der Waals surface area contributed by atoms with Crippen LogP contribution in [0.2, 0.25) is 0 Å². The van der Waals surface area contributed by atoms with Gasteiger partial charge in [0.15, 0.2) is 0 Å². The highest BCUT2D eigenvalue weighted by molar-refractivity contribution is 5.48. The number of hydrogen-bond donors (Lipinski definition) is 1. The molecule has 4 heteroatoms. The monoisotopic (exact) mass is 246 g/mol. The molecule has 0 unspecified atom stereocenters. The fourth-order valence-corrected chi connectivity index (χ4v) is 2.85. The van der Waals surface area contributed by atoms with E-state index in [2.05, 4.69) is 27.2 Å². The van der Waals surface area contributed by atoms with E-state index in [1.54, 1.807) is 6.33 Å². The highest BCUT2D eigenvalue weighted by Crippen LogP contribution is 2.30. The first-order valence-corrected chi connectivity index (χ1v) is 7.09. The second-order valence-electron chi connectivity index (χ2n) is 5.56. The largest absolute Gasteiger partial charge is 0.359 e. The molecule has 2 heterocycles. The summed E-state index contributed by atoms with van der Waals surface area (Å²) in [6, 6.07) is 0. The Labute approximate surface area is 109 Å². The van der Waals surface area contributed by atoms with E-state index in [4.69, 9.17) is 0 Å². The Bertz CT molecular complexity index is 414. The molecular weight excluding hydrogens is 224 g/mol. The van der Waals surface area contributed by atoms with Crippen LogP contribution in [0.4, 0.5) is 5.82 Å². The molecule has 0 radical (unpaired) electrons. The fourth-order valence-electron chi connectivity index (χ4n) is 2.85. The summed E-state index contributed by atoms with van der Waals surface area (Å²) < 4.78 is 0. The van der Waals surface area contributed by atoms with Gasteiger partial charge < -0.3 is 10.2 Å². The van der Waals surface area contributed by atoms with Crippen LogP contribution in [-0.2, 0) is 13.0 Å². The molecular formula is C14H22N4. The molecule has 1 aromatic rings. The Balaban J connectivity index is 1.69. The van der Waals surface area contributed by atoms with Crippen molar-refractivity contribution in [3.05, 3.63) is 17.6 Å². The average molecular weight is 246 g/mol. The maximum atomic E-state index is 4.49. The topological polar surface area (TPSA) is 41.1 Å². The average Bonchev–Trinajstić information content (AvgIpc) is 2.36. The van der Waals surface area contributed by atoms with Crippen molar-refractivity contribution in [2.75, 3.05) is 25.0 Å². The summed E-state index contributed by atoms with van der Waals surface area (Å²) in [5, 5.41) is 3.42. The van der Waals surface area contributed by atoms with Crippen molar-refractivity contribution < 1.29 is 0 Å². The zero-order valence-corrected chi connectivity index (χ0v) is 11.2. The van der Waals surface area contributed by atoms with E-state index in [0.29, 0.717) is 0 Å². The molecule has 0 aromatic carbocycles. The lowest BCUT2D eigenvalue weighted by Crippen LogP contribution is -2.30. The van der Waals surface area contributed by atoms with Crippen molar-refractivity contribution in [2.45, 2.75) is 38.6 Å². The summed E-state index contributed by atoms with van der Waals surface area (Å²) in [7, 11) is 2.16. The van der Waals surface area contributed by atoms with Crippen LogP contribution >= 0.6 is 0 Å². The highest BCUT2D eigenvalue weighted by Gasteiger charge is 2.20. The summed E-state index contributed by atoms with van der Waals surface area (Å²) in [6.45, 7) is 3.07. The zero-order valence-electron chi connectivity index (χ0n) is 11.2. The van der Waals surface area contributed by atoms with E-state index in [-0.39, 0.29) is 0 Å². The molecule has 1 aliphatic carbocycles. The van der Waals surface area contributed by atoms with Crippen molar-refractivity contribution in [3.8, 4) is 0 Å². The number of nitrogens with one attached hydrogen (secondary N) is 1. The number of aromatic nitrogens is 2. The summed E-state index contributed by atoms with van der Waals surface area (Å²) in [5.41, 5.74) is 2.54. The van der Waals surface area contributed by atoms with Crippen LogP contribution < -0.4 is 10.2 Å². The van der Waals surface area contributed by atoms with Gasteiger partial charge in [0.1, 0.15) is 12.1 Å². The highest BCUT2D eigenvalue weighted by atomic mass is 15.2. The van der Waals surface area contributed by atoms with E-state index in [0.717, 1.165) is 37.8 Å². The third kappa shape index (κ3) is 2.34. The van der Waals surface area contributed by atoms with Gasteiger partial charge in [0.05, 0.1) is 5.69 Å². The second-order valence-corrected chi connectivity index (χ2v) is 5.56. The lowest BCUT2D eigenvalue weighted by molar-refractivity contribution is 0.299. The van der Waals surface area contributed by atoms with Gasteiger partial charge in [-0.25, -0.2) is 9.97 Å². The Morgan fingerprint density at radius 3 is 3.06 bits per heavy atom. The van der Waals surface area contributed by atoms with Gasteiger partial charge in [0.2, 0.25) is 0 Å². The minimum Gasteiger partial charge on any atom is -0.359 e. The molecule has 1 N–H and O–H groups in total. The zero-order chi connectivity index (χ0) is 12.4. The first-order valence-electron chi connectivity index (χ1n) is 7.09. The minimum atomic E-state index is 0.916. The van der Waals surface area contributed by atoms with Crippen molar-refractivity contribution in [2.24, 2.45) is 5.92 Å². The second kappa shape index (κ2) is 5.22. The molecule has 0 amide bonds. The Morgan fingerprint density at radius 1 is 1.39 bits per heavy atom. The molecule has 98 valence electrons. The Kier molecular flexibility index (Phi) is 3.46. The first kappa shape index (κ1) is 11.9. The number of hydrogen-bond acceptors (Lipinski definition) is 4. The standard InChI is InChI=1S/C14H22N4/c1-18(8-6-11-3-2-4-11)14-12-9-15-7-5-13(12)16-10-17-14/h10-11,15H,2-9H2,1H3. The quantitative estimate of drug-likeness (QED) is 0.878. The van der Waals surface area contributed by atoms with Gasteiger partial charge >= 0.3 is 0 Å². The summed E-state index contributed by atoms with van der Waals surface area (Å²) in [4.78, 5) is 11.2. The number of anilines is 1. The third-order valence-corrected chi connectivity index (χ3v) is 4.31. The van der Waals surface area contributed by atoms with Crippen molar-refractivity contribution >= 4 is 5.82 Å². The van der Waals surface area contributed by atoms with E-state index in [1.807, 2.05) is 0 Å². The molecule has 0 saturated heterocycles. The molecule has 1 saturated carbocycles. The number of rotatable bonds is 4. The SMILES string of the molecule is CN(CCC1CCC1)c1ncnc2c1CNCC2. The molecule has 1 aromatic heterocycles. The van der Waals surface area contributed by atoms with E-state index in [1.165, 1.54) is 36.9 Å². The van der Waals surface area contributed by atoms with Crippen LogP contribution in [0, 0.1) is 5.92 Å². The predicted molar refractivity (Wildman–Crippen MR) is 72.7 cm³/mol. The van der Waals surface area contributed by atoms with Gasteiger partial charge in [-0.2, -0.15) is 0 Å². The summed E-state index contributed by atoms with van der Waals surface area (Å²) in [6.07, 6.45) is 8.35. The number of fused-ring (bicyclic) bond motifs is 1. The van der Waals surface area contributed by atoms with Gasteiger partial charge in [-0.3, -0.25) is 0 Å². The summed E-state index contributed by atoms with van der Waals surface area (Å²) in [5.74, 6) is 2.09. The molecule has 2 aliphatic rings. The molecule has 1 fully saturated rings. The molecule has 0 spiro atoms. The fraction of sp³-hybridized carbons (Fsp3) is 0.714. The third-order valence-electron chi connectivity index (χ3n) is 4.31. The van der Waals surface area contributed by atoms with Crippen LogP contribution in [0.25, 0.3) is 0 Å². The minimum absolute atomic E-state index is 0.916. The van der Waals surface area contributed by atoms with Crippen LogP contribution in [0.15, 0.2) is 6.33 Å². The lowest BCUT2D eigenvalue weighted by Gasteiger charge is -2.29. The van der Waals surface area contributed by atoms with Crippen LogP contribution in [-0.4, -0.2) is 30.1 Å². The van der Waals surface area contributed by atoms with Crippen molar-refractivity contribution in [1.29, 1.82) is 0 Å². The first-order chi connectivity index (χ1) is 8.84. The molecule has 3 rings (SSSR count). The van der Waals surface area contributed by atoms with Gasteiger partial charge in [0, 0.05) is 38.7 Å². The summed E-state index contributed by atoms with van der Waals surface area (Å²) >= 11 is 0. The smallest absolute Gasteiger partial charge is 0.136 e. The normalized spacial score (nSPS) is 19.2. The lowest BCUT2D eigenvalue weighted by atomic mass is 9.83. The van der Waals surface area contributed by atoms with Gasteiger partial charge in [-0.1, -0.05) is 19.3 Å².